The van der Waals surface area contributed by atoms with Crippen molar-refractivity contribution < 1.29 is 4.52 Å². The van der Waals surface area contributed by atoms with Crippen LogP contribution in [0.3, 0.4) is 0 Å². The topological polar surface area (TPSA) is 60.9 Å². The quantitative estimate of drug-likeness (QED) is 0.628. The largest absolute Gasteiger partial charge is 0.377 e. The average molecular weight is 229 g/mol. The summed E-state index contributed by atoms with van der Waals surface area (Å²) in [5.41, 5.74) is 2.61. The molecule has 0 bridgehead atoms. The van der Waals surface area contributed by atoms with Crippen molar-refractivity contribution in [3.8, 4) is 11.4 Å². The van der Waals surface area contributed by atoms with E-state index in [0.717, 1.165) is 12.1 Å². The lowest BCUT2D eigenvalue weighted by Gasteiger charge is -2.07. The zero-order chi connectivity index (χ0) is 12.0. The molecule has 0 radical (unpaired) electrons. The molecule has 17 heavy (non-hydrogen) atoms. The number of hydrogen-bond donors (Lipinski definition) is 0. The van der Waals surface area contributed by atoms with Gasteiger partial charge in [0.25, 0.3) is 0 Å². The van der Waals surface area contributed by atoms with Gasteiger partial charge in [-0.2, -0.15) is 0 Å². The molecule has 0 spiro atoms. The number of fused-ring (bicyclic) bond motifs is 2. The second kappa shape index (κ2) is 3.41. The van der Waals surface area contributed by atoms with Gasteiger partial charge in [-0.15, -0.1) is 0 Å². The Balaban J connectivity index is 2.60. The number of hydrogen-bond acceptors (Lipinski definition) is 4. The Hall–Kier alpha value is -2.17. The van der Waals surface area contributed by atoms with Gasteiger partial charge in [0.1, 0.15) is 12.0 Å². The fourth-order valence-corrected chi connectivity index (χ4v) is 2.00. The predicted molar refractivity (Wildman–Crippen MR) is 60.8 cm³/mol. The fourth-order valence-electron chi connectivity index (χ4n) is 2.00. The third-order valence-electron chi connectivity index (χ3n) is 2.93. The molecular formula is C12H11N3O2. The van der Waals surface area contributed by atoms with Crippen LogP contribution in [0, 0.1) is 10.6 Å². The molecule has 0 amide bonds. The first-order valence-corrected chi connectivity index (χ1v) is 5.44. The van der Waals surface area contributed by atoms with Crippen LogP contribution in [0.5, 0.6) is 0 Å². The van der Waals surface area contributed by atoms with Gasteiger partial charge in [0.15, 0.2) is 10.8 Å². The van der Waals surface area contributed by atoms with E-state index in [2.05, 4.69) is 9.97 Å². The highest BCUT2D eigenvalue weighted by Gasteiger charge is 2.14. The molecule has 86 valence electrons. The van der Waals surface area contributed by atoms with Gasteiger partial charge >= 0.3 is 0 Å². The highest BCUT2D eigenvalue weighted by atomic mass is 16.5. The number of imidazole rings is 1. The Morgan fingerprint density at radius 1 is 1.35 bits per heavy atom. The lowest BCUT2D eigenvalue weighted by Crippen LogP contribution is -2.09. The van der Waals surface area contributed by atoms with Crippen LogP contribution in [-0.4, -0.2) is 14.7 Å². The standard InChI is InChI=1S/C12H11N3O2/c1-3-7-4-8-10(16)5-9-11(14-6-13-9)12(8)17-15(7)2/h4-6H,3H2,1-2H3. The Kier molecular flexibility index (Phi) is 2.01. The van der Waals surface area contributed by atoms with E-state index in [0.29, 0.717) is 22.0 Å². The first-order chi connectivity index (χ1) is 8.20. The Morgan fingerprint density at radius 2 is 2.18 bits per heavy atom. The van der Waals surface area contributed by atoms with Crippen molar-refractivity contribution in [2.24, 2.45) is 7.05 Å². The molecule has 3 rings (SSSR count). The molecule has 0 unspecified atom stereocenters. The summed E-state index contributed by atoms with van der Waals surface area (Å²) >= 11 is 0. The second-order valence-electron chi connectivity index (χ2n) is 3.94. The molecule has 3 aliphatic rings. The van der Waals surface area contributed by atoms with E-state index in [9.17, 15) is 4.79 Å². The van der Waals surface area contributed by atoms with Gasteiger partial charge in [-0.25, -0.2) is 14.7 Å². The summed E-state index contributed by atoms with van der Waals surface area (Å²) in [4.78, 5) is 20.1. The van der Waals surface area contributed by atoms with Crippen LogP contribution in [-0.2, 0) is 13.5 Å². The summed E-state index contributed by atoms with van der Waals surface area (Å²) in [7, 11) is 1.82. The molecule has 1 aliphatic carbocycles. The summed E-state index contributed by atoms with van der Waals surface area (Å²) < 4.78 is 7.31. The molecule has 0 aromatic carbocycles. The van der Waals surface area contributed by atoms with E-state index in [1.54, 1.807) is 4.74 Å². The van der Waals surface area contributed by atoms with Crippen molar-refractivity contribution in [2.75, 3.05) is 0 Å². The van der Waals surface area contributed by atoms with Gasteiger partial charge in [-0.1, -0.05) is 6.92 Å². The minimum absolute atomic E-state index is 0.0768. The highest BCUT2D eigenvalue weighted by Crippen LogP contribution is 2.17. The monoisotopic (exact) mass is 229 g/mol. The van der Waals surface area contributed by atoms with Crippen LogP contribution in [0.15, 0.2) is 27.8 Å². The summed E-state index contributed by atoms with van der Waals surface area (Å²) in [6, 6.07) is 3.36. The molecule has 0 atom stereocenters. The molecule has 2 aliphatic heterocycles. The SMILES string of the molecule is CCc1cc2c(=O)cc3ncnc-3c=2on1C. The van der Waals surface area contributed by atoms with E-state index >= 15 is 0 Å². The first kappa shape index (κ1) is 10.0. The van der Waals surface area contributed by atoms with Gasteiger partial charge < -0.3 is 4.52 Å². The summed E-state index contributed by atoms with van der Waals surface area (Å²) in [5, 5.41) is 0.563. The Morgan fingerprint density at radius 3 is 2.94 bits per heavy atom. The Bertz CT molecular complexity index is 772. The van der Waals surface area contributed by atoms with E-state index < -0.39 is 0 Å². The van der Waals surface area contributed by atoms with Crippen LogP contribution in [0.2, 0.25) is 0 Å². The van der Waals surface area contributed by atoms with Gasteiger partial charge in [0, 0.05) is 13.1 Å². The summed E-state index contributed by atoms with van der Waals surface area (Å²) in [6.07, 6.45) is 2.24. The lowest BCUT2D eigenvalue weighted by molar-refractivity contribution is 0.259. The fraction of sp³-hybridized carbons (Fsp3) is 0.250. The maximum Gasteiger partial charge on any atom is 0.194 e. The smallest absolute Gasteiger partial charge is 0.194 e. The third-order valence-corrected chi connectivity index (χ3v) is 2.93. The second-order valence-corrected chi connectivity index (χ2v) is 3.94. The summed E-state index contributed by atoms with van der Waals surface area (Å²) in [5.74, 6) is 0. The maximum absolute atomic E-state index is 11.9. The predicted octanol–water partition coefficient (Wildman–Crippen LogP) is 1.16. The third kappa shape index (κ3) is 1.35. The van der Waals surface area contributed by atoms with Crippen LogP contribution in [0.25, 0.3) is 11.4 Å². The van der Waals surface area contributed by atoms with Crippen molar-refractivity contribution in [3.05, 3.63) is 45.0 Å². The molecule has 5 nitrogen and oxygen atoms in total. The van der Waals surface area contributed by atoms with Crippen LogP contribution in [0.1, 0.15) is 12.6 Å². The van der Waals surface area contributed by atoms with Crippen LogP contribution in [0.4, 0.5) is 0 Å². The number of aromatic nitrogens is 3. The molecule has 0 aromatic heterocycles. The van der Waals surface area contributed by atoms with E-state index in [1.807, 2.05) is 20.0 Å². The molecular weight excluding hydrogens is 218 g/mol. The molecule has 0 saturated heterocycles. The molecule has 0 N–H and O–H groups in total. The molecule has 0 saturated carbocycles. The zero-order valence-electron chi connectivity index (χ0n) is 9.60. The minimum Gasteiger partial charge on any atom is -0.377 e. The van der Waals surface area contributed by atoms with Crippen molar-refractivity contribution in [1.82, 2.24) is 14.7 Å². The van der Waals surface area contributed by atoms with Gasteiger partial charge in [-0.3, -0.25) is 4.79 Å². The van der Waals surface area contributed by atoms with Crippen molar-refractivity contribution in [1.29, 1.82) is 0 Å². The van der Waals surface area contributed by atoms with Crippen molar-refractivity contribution in [2.45, 2.75) is 13.3 Å². The maximum atomic E-state index is 11.9. The minimum atomic E-state index is -0.0768. The van der Waals surface area contributed by atoms with E-state index in [1.165, 1.54) is 12.4 Å². The van der Waals surface area contributed by atoms with E-state index in [4.69, 9.17) is 4.52 Å². The number of rotatable bonds is 1. The molecule has 2 heterocycles. The van der Waals surface area contributed by atoms with Gasteiger partial charge in [0.05, 0.1) is 16.6 Å². The van der Waals surface area contributed by atoms with Crippen LogP contribution < -0.4 is 5.43 Å². The number of nitrogens with zero attached hydrogens (tertiary/aromatic N) is 3. The van der Waals surface area contributed by atoms with Crippen LogP contribution >= 0.6 is 0 Å². The normalized spacial score (nSPS) is 11.4. The molecule has 5 heteroatoms. The molecule has 0 fully saturated rings. The average Bonchev–Trinajstić information content (AvgIpc) is 2.76. The van der Waals surface area contributed by atoms with Crippen molar-refractivity contribution in [3.63, 3.8) is 0 Å². The molecule has 0 aromatic rings. The first-order valence-electron chi connectivity index (χ1n) is 5.44. The zero-order valence-corrected chi connectivity index (χ0v) is 9.60. The van der Waals surface area contributed by atoms with Gasteiger partial charge in [0.2, 0.25) is 0 Å². The summed E-state index contributed by atoms with van der Waals surface area (Å²) in [6.45, 7) is 2.02. The van der Waals surface area contributed by atoms with Crippen molar-refractivity contribution >= 4 is 0 Å². The lowest BCUT2D eigenvalue weighted by atomic mass is 10.1. The number of aryl methyl sites for hydroxylation is 2. The van der Waals surface area contributed by atoms with E-state index in [-0.39, 0.29) is 5.43 Å². The highest BCUT2D eigenvalue weighted by molar-refractivity contribution is 5.55. The van der Waals surface area contributed by atoms with Gasteiger partial charge in [-0.05, 0) is 12.5 Å². The Labute approximate surface area is 96.7 Å².